The van der Waals surface area contributed by atoms with Crippen molar-refractivity contribution in [2.45, 2.75) is 34.6 Å². The molecule has 0 spiro atoms. The molecule has 0 fully saturated rings. The average molecular weight is 474 g/mol. The van der Waals surface area contributed by atoms with E-state index in [1.54, 1.807) is 0 Å². The molecule has 0 aliphatic rings. The van der Waals surface area contributed by atoms with Crippen LogP contribution in [-0.2, 0) is 9.59 Å². The number of hydrogen-bond acceptors (Lipinski definition) is 4. The molecule has 0 aliphatic heterocycles. The molecule has 184 valence electrons. The van der Waals surface area contributed by atoms with Crippen molar-refractivity contribution in [2.24, 2.45) is 0 Å². The fraction of sp³-hybridized carbons (Fsp3) is 0.310. The van der Waals surface area contributed by atoms with Gasteiger partial charge in [-0.25, -0.2) is 0 Å². The van der Waals surface area contributed by atoms with Crippen LogP contribution in [-0.4, -0.2) is 43.0 Å². The third-order valence-corrected chi connectivity index (χ3v) is 5.89. The standard InChI is InChI=1S/C29H35N3O3/c1-20-9-6-14-25(17-20)35-16-15-32(18-26(33)30-28-21(2)10-7-11-22(28)3)19-27(34)31-29-23(4)12-8-13-24(29)5/h6-14,17H,15-16,18-19H2,1-5H3,(H,30,33)(H,31,34). The minimum absolute atomic E-state index is 0.0745. The molecular formula is C29H35N3O3. The first-order valence-electron chi connectivity index (χ1n) is 11.9. The molecular weight excluding hydrogens is 438 g/mol. The topological polar surface area (TPSA) is 70.7 Å². The molecule has 6 nitrogen and oxygen atoms in total. The lowest BCUT2D eigenvalue weighted by Gasteiger charge is -2.23. The van der Waals surface area contributed by atoms with E-state index in [1.165, 1.54) is 0 Å². The molecule has 3 aromatic carbocycles. The number of carbonyl (C=O) groups excluding carboxylic acids is 2. The van der Waals surface area contributed by atoms with Crippen molar-refractivity contribution in [1.29, 1.82) is 0 Å². The maximum absolute atomic E-state index is 12.9. The number of benzene rings is 3. The lowest BCUT2D eigenvalue weighted by Crippen LogP contribution is -2.41. The number of aryl methyl sites for hydroxylation is 5. The number of ether oxygens (including phenoxy) is 1. The van der Waals surface area contributed by atoms with Gasteiger partial charge in [0.1, 0.15) is 12.4 Å². The Kier molecular flexibility index (Phi) is 9.04. The first kappa shape index (κ1) is 26.0. The summed E-state index contributed by atoms with van der Waals surface area (Å²) in [6.45, 7) is 10.8. The van der Waals surface area contributed by atoms with E-state index in [2.05, 4.69) is 10.6 Å². The molecule has 2 amide bonds. The summed E-state index contributed by atoms with van der Waals surface area (Å²) in [5, 5.41) is 6.03. The molecule has 0 saturated carbocycles. The molecule has 35 heavy (non-hydrogen) atoms. The lowest BCUT2D eigenvalue weighted by molar-refractivity contribution is -0.120. The number of hydrogen-bond donors (Lipinski definition) is 2. The van der Waals surface area contributed by atoms with E-state index >= 15 is 0 Å². The fourth-order valence-corrected chi connectivity index (χ4v) is 4.00. The van der Waals surface area contributed by atoms with Gasteiger partial charge in [-0.3, -0.25) is 14.5 Å². The maximum Gasteiger partial charge on any atom is 0.238 e. The molecule has 0 aromatic heterocycles. The van der Waals surface area contributed by atoms with E-state index in [9.17, 15) is 9.59 Å². The predicted molar refractivity (Wildman–Crippen MR) is 142 cm³/mol. The number of nitrogens with one attached hydrogen (secondary N) is 2. The van der Waals surface area contributed by atoms with Gasteiger partial charge in [0.25, 0.3) is 0 Å². The highest BCUT2D eigenvalue weighted by Gasteiger charge is 2.17. The molecule has 0 saturated heterocycles. The van der Waals surface area contributed by atoms with Gasteiger partial charge in [-0.05, 0) is 74.6 Å². The van der Waals surface area contributed by atoms with Crippen LogP contribution in [0.15, 0.2) is 60.7 Å². The predicted octanol–water partition coefficient (Wildman–Crippen LogP) is 5.19. The summed E-state index contributed by atoms with van der Waals surface area (Å²) in [7, 11) is 0. The average Bonchev–Trinajstić information content (AvgIpc) is 2.79. The van der Waals surface area contributed by atoms with E-state index in [-0.39, 0.29) is 24.9 Å². The Morgan fingerprint density at radius 3 is 1.63 bits per heavy atom. The van der Waals surface area contributed by atoms with Gasteiger partial charge < -0.3 is 15.4 Å². The summed E-state index contributed by atoms with van der Waals surface area (Å²) in [6.07, 6.45) is 0. The van der Waals surface area contributed by atoms with Gasteiger partial charge in [0.2, 0.25) is 11.8 Å². The minimum atomic E-state index is -0.169. The molecule has 0 atom stereocenters. The second-order valence-electron chi connectivity index (χ2n) is 9.01. The number of anilines is 2. The smallest absolute Gasteiger partial charge is 0.238 e. The molecule has 0 heterocycles. The van der Waals surface area contributed by atoms with Crippen LogP contribution in [0.4, 0.5) is 11.4 Å². The van der Waals surface area contributed by atoms with Crippen LogP contribution >= 0.6 is 0 Å². The van der Waals surface area contributed by atoms with Crippen LogP contribution in [0, 0.1) is 34.6 Å². The monoisotopic (exact) mass is 473 g/mol. The van der Waals surface area contributed by atoms with Crippen LogP contribution in [0.25, 0.3) is 0 Å². The first-order chi connectivity index (χ1) is 16.7. The zero-order chi connectivity index (χ0) is 25.4. The molecule has 6 heteroatoms. The van der Waals surface area contributed by atoms with Crippen molar-refractivity contribution in [1.82, 2.24) is 4.90 Å². The van der Waals surface area contributed by atoms with Gasteiger partial charge in [0, 0.05) is 17.9 Å². The molecule has 0 radical (unpaired) electrons. The molecule has 3 aromatic rings. The Morgan fingerprint density at radius 2 is 1.17 bits per heavy atom. The molecule has 2 N–H and O–H groups in total. The van der Waals surface area contributed by atoms with Crippen molar-refractivity contribution < 1.29 is 14.3 Å². The highest BCUT2D eigenvalue weighted by atomic mass is 16.5. The number of rotatable bonds is 10. The Balaban J connectivity index is 1.67. The third kappa shape index (κ3) is 7.69. The molecule has 0 aliphatic carbocycles. The third-order valence-electron chi connectivity index (χ3n) is 5.89. The van der Waals surface area contributed by atoms with Crippen LogP contribution < -0.4 is 15.4 Å². The number of para-hydroxylation sites is 2. The van der Waals surface area contributed by atoms with Gasteiger partial charge in [-0.1, -0.05) is 48.5 Å². The zero-order valence-corrected chi connectivity index (χ0v) is 21.3. The number of carbonyl (C=O) groups is 2. The van der Waals surface area contributed by atoms with Crippen molar-refractivity contribution >= 4 is 23.2 Å². The second-order valence-corrected chi connectivity index (χ2v) is 9.01. The van der Waals surface area contributed by atoms with Crippen molar-refractivity contribution in [3.05, 3.63) is 88.5 Å². The van der Waals surface area contributed by atoms with Crippen LogP contribution in [0.3, 0.4) is 0 Å². The van der Waals surface area contributed by atoms with E-state index in [1.807, 2.05) is 100 Å². The summed E-state index contributed by atoms with van der Waals surface area (Å²) in [5.41, 5.74) is 6.74. The summed E-state index contributed by atoms with van der Waals surface area (Å²) >= 11 is 0. The van der Waals surface area contributed by atoms with Crippen molar-refractivity contribution in [3.63, 3.8) is 0 Å². The second kappa shape index (κ2) is 12.2. The van der Waals surface area contributed by atoms with Gasteiger partial charge >= 0.3 is 0 Å². The molecule has 0 bridgehead atoms. The summed E-state index contributed by atoms with van der Waals surface area (Å²) in [5.74, 6) is 0.431. The SMILES string of the molecule is Cc1cccc(OCCN(CC(=O)Nc2c(C)cccc2C)CC(=O)Nc2c(C)cccc2C)c1. The molecule has 0 unspecified atom stereocenters. The summed E-state index contributed by atoms with van der Waals surface area (Å²) in [6, 6.07) is 19.6. The number of amides is 2. The Morgan fingerprint density at radius 1 is 0.714 bits per heavy atom. The van der Waals surface area contributed by atoms with E-state index < -0.39 is 0 Å². The molecule has 3 rings (SSSR count). The van der Waals surface area contributed by atoms with E-state index in [0.717, 1.165) is 44.9 Å². The zero-order valence-electron chi connectivity index (χ0n) is 21.3. The maximum atomic E-state index is 12.9. The van der Waals surface area contributed by atoms with Crippen LogP contribution in [0.5, 0.6) is 5.75 Å². The van der Waals surface area contributed by atoms with Crippen LogP contribution in [0.2, 0.25) is 0 Å². The van der Waals surface area contributed by atoms with E-state index in [4.69, 9.17) is 4.74 Å². The van der Waals surface area contributed by atoms with Gasteiger partial charge in [-0.2, -0.15) is 0 Å². The Bertz CT molecular complexity index is 1080. The highest BCUT2D eigenvalue weighted by Crippen LogP contribution is 2.20. The Labute approximate surface area is 208 Å². The Hall–Kier alpha value is -3.64. The van der Waals surface area contributed by atoms with Crippen LogP contribution in [0.1, 0.15) is 27.8 Å². The lowest BCUT2D eigenvalue weighted by atomic mass is 10.1. The van der Waals surface area contributed by atoms with Gasteiger partial charge in [-0.15, -0.1) is 0 Å². The first-order valence-corrected chi connectivity index (χ1v) is 11.9. The van der Waals surface area contributed by atoms with Crippen molar-refractivity contribution in [2.75, 3.05) is 36.9 Å². The quantitative estimate of drug-likeness (QED) is 0.425. The van der Waals surface area contributed by atoms with Gasteiger partial charge in [0.05, 0.1) is 13.1 Å². The highest BCUT2D eigenvalue weighted by molar-refractivity contribution is 5.96. The fourth-order valence-electron chi connectivity index (χ4n) is 4.00. The van der Waals surface area contributed by atoms with Crippen molar-refractivity contribution in [3.8, 4) is 5.75 Å². The number of nitrogens with zero attached hydrogens (tertiary/aromatic N) is 1. The summed E-state index contributed by atoms with van der Waals surface area (Å²) in [4.78, 5) is 27.7. The normalized spacial score (nSPS) is 10.8. The largest absolute Gasteiger partial charge is 0.492 e. The minimum Gasteiger partial charge on any atom is -0.492 e. The van der Waals surface area contributed by atoms with Gasteiger partial charge in [0.15, 0.2) is 0 Å². The summed E-state index contributed by atoms with van der Waals surface area (Å²) < 4.78 is 5.89. The van der Waals surface area contributed by atoms with E-state index in [0.29, 0.717) is 13.2 Å².